The van der Waals surface area contributed by atoms with E-state index < -0.39 is 10.0 Å². The molecule has 0 unspecified atom stereocenters. The smallest absolute Gasteiger partial charge is 0.254 e. The molecule has 0 radical (unpaired) electrons. The SMILES string of the molecule is COCCN(Cc1ccccc1)S(=O)(=O)c1sccc1Br. The molecule has 0 fully saturated rings. The molecule has 1 heterocycles. The van der Waals surface area contributed by atoms with Gasteiger partial charge in [0.25, 0.3) is 10.0 Å². The van der Waals surface area contributed by atoms with E-state index in [0.29, 0.717) is 28.4 Å². The van der Waals surface area contributed by atoms with Crippen molar-refractivity contribution < 1.29 is 13.2 Å². The van der Waals surface area contributed by atoms with Gasteiger partial charge in [-0.15, -0.1) is 11.3 Å². The molecular formula is C14H16BrNO3S2. The van der Waals surface area contributed by atoms with Gasteiger partial charge < -0.3 is 4.74 Å². The van der Waals surface area contributed by atoms with E-state index in [1.54, 1.807) is 18.6 Å². The zero-order valence-corrected chi connectivity index (χ0v) is 14.7. The Morgan fingerprint density at radius 2 is 1.95 bits per heavy atom. The zero-order chi connectivity index (χ0) is 15.3. The minimum Gasteiger partial charge on any atom is -0.383 e. The van der Waals surface area contributed by atoms with Gasteiger partial charge in [0.2, 0.25) is 0 Å². The van der Waals surface area contributed by atoms with E-state index in [9.17, 15) is 8.42 Å². The standard InChI is InChI=1S/C14H16BrNO3S2/c1-19-9-8-16(11-12-5-3-2-4-6-12)21(17,18)14-13(15)7-10-20-14/h2-7,10H,8-9,11H2,1H3. The van der Waals surface area contributed by atoms with Gasteiger partial charge in [0.05, 0.1) is 6.61 Å². The van der Waals surface area contributed by atoms with E-state index in [-0.39, 0.29) is 0 Å². The highest BCUT2D eigenvalue weighted by Crippen LogP contribution is 2.30. The number of nitrogens with zero attached hydrogens (tertiary/aromatic N) is 1. The summed E-state index contributed by atoms with van der Waals surface area (Å²) in [7, 11) is -1.97. The summed E-state index contributed by atoms with van der Waals surface area (Å²) in [6, 6.07) is 11.3. The Labute approximate surface area is 137 Å². The number of hydrogen-bond donors (Lipinski definition) is 0. The number of benzene rings is 1. The van der Waals surface area contributed by atoms with Crippen LogP contribution in [0.3, 0.4) is 0 Å². The number of ether oxygens (including phenoxy) is 1. The molecule has 21 heavy (non-hydrogen) atoms. The summed E-state index contributed by atoms with van der Waals surface area (Å²) in [5, 5.41) is 1.76. The van der Waals surface area contributed by atoms with Crippen LogP contribution in [0.4, 0.5) is 0 Å². The van der Waals surface area contributed by atoms with Crippen LogP contribution >= 0.6 is 27.3 Å². The Bertz CT molecular complexity index is 671. The molecular weight excluding hydrogens is 374 g/mol. The fraction of sp³-hybridized carbons (Fsp3) is 0.286. The van der Waals surface area contributed by atoms with Crippen LogP contribution in [-0.2, 0) is 21.3 Å². The molecule has 0 aliphatic rings. The first-order valence-corrected chi connectivity index (χ1v) is 9.43. The Morgan fingerprint density at radius 1 is 1.24 bits per heavy atom. The van der Waals surface area contributed by atoms with Gasteiger partial charge >= 0.3 is 0 Å². The third kappa shape index (κ3) is 4.14. The molecule has 0 N–H and O–H groups in total. The van der Waals surface area contributed by atoms with Crippen molar-refractivity contribution in [3.05, 3.63) is 51.8 Å². The summed E-state index contributed by atoms with van der Waals surface area (Å²) < 4.78 is 33.0. The van der Waals surface area contributed by atoms with Crippen LogP contribution in [0, 0.1) is 0 Å². The maximum absolute atomic E-state index is 12.8. The quantitative estimate of drug-likeness (QED) is 0.729. The third-order valence-electron chi connectivity index (χ3n) is 2.91. The molecule has 4 nitrogen and oxygen atoms in total. The van der Waals surface area contributed by atoms with Crippen molar-refractivity contribution >= 4 is 37.3 Å². The van der Waals surface area contributed by atoms with Crippen molar-refractivity contribution in [1.29, 1.82) is 0 Å². The van der Waals surface area contributed by atoms with Gasteiger partial charge in [0.15, 0.2) is 0 Å². The van der Waals surface area contributed by atoms with Crippen molar-refractivity contribution in [3.63, 3.8) is 0 Å². The summed E-state index contributed by atoms with van der Waals surface area (Å²) in [4.78, 5) is 0. The van der Waals surface area contributed by atoms with Gasteiger partial charge in [-0.1, -0.05) is 30.3 Å². The Morgan fingerprint density at radius 3 is 2.52 bits per heavy atom. The van der Waals surface area contributed by atoms with Crippen molar-refractivity contribution in [2.75, 3.05) is 20.3 Å². The molecule has 0 atom stereocenters. The highest BCUT2D eigenvalue weighted by atomic mass is 79.9. The van der Waals surface area contributed by atoms with Crippen LogP contribution in [0.5, 0.6) is 0 Å². The van der Waals surface area contributed by atoms with Crippen LogP contribution in [0.15, 0.2) is 50.5 Å². The van der Waals surface area contributed by atoms with Gasteiger partial charge in [-0.3, -0.25) is 0 Å². The molecule has 0 aliphatic heterocycles. The summed E-state index contributed by atoms with van der Waals surface area (Å²) in [5.74, 6) is 0. The fourth-order valence-corrected chi connectivity index (χ4v) is 5.71. The van der Waals surface area contributed by atoms with Crippen LogP contribution in [-0.4, -0.2) is 33.0 Å². The van der Waals surface area contributed by atoms with Crippen molar-refractivity contribution in [2.45, 2.75) is 10.8 Å². The van der Waals surface area contributed by atoms with E-state index in [1.165, 1.54) is 15.6 Å². The summed E-state index contributed by atoms with van der Waals surface area (Å²) in [6.45, 7) is 1.00. The van der Waals surface area contributed by atoms with E-state index in [1.807, 2.05) is 30.3 Å². The minimum absolute atomic E-state index is 0.318. The number of methoxy groups -OCH3 is 1. The molecule has 1 aromatic heterocycles. The van der Waals surface area contributed by atoms with Crippen molar-refractivity contribution in [1.82, 2.24) is 4.31 Å². The second kappa shape index (κ2) is 7.51. The van der Waals surface area contributed by atoms with E-state index in [2.05, 4.69) is 15.9 Å². The van der Waals surface area contributed by atoms with E-state index in [0.717, 1.165) is 5.56 Å². The highest BCUT2D eigenvalue weighted by molar-refractivity contribution is 9.10. The monoisotopic (exact) mass is 389 g/mol. The molecule has 0 amide bonds. The van der Waals surface area contributed by atoms with E-state index >= 15 is 0 Å². The number of rotatable bonds is 7. The average Bonchev–Trinajstić information content (AvgIpc) is 2.91. The molecule has 0 saturated heterocycles. The van der Waals surface area contributed by atoms with Crippen molar-refractivity contribution in [3.8, 4) is 0 Å². The van der Waals surface area contributed by atoms with Crippen molar-refractivity contribution in [2.24, 2.45) is 0 Å². The van der Waals surface area contributed by atoms with Gasteiger partial charge in [-0.05, 0) is 32.9 Å². The highest BCUT2D eigenvalue weighted by Gasteiger charge is 2.27. The lowest BCUT2D eigenvalue weighted by atomic mass is 10.2. The van der Waals surface area contributed by atoms with Gasteiger partial charge in [0, 0.05) is 24.7 Å². The lowest BCUT2D eigenvalue weighted by Gasteiger charge is -2.21. The molecule has 2 rings (SSSR count). The normalized spacial score (nSPS) is 12.0. The molecule has 0 aliphatic carbocycles. The summed E-state index contributed by atoms with van der Waals surface area (Å²) in [5.41, 5.74) is 0.949. The molecule has 1 aromatic carbocycles. The van der Waals surface area contributed by atoms with Crippen LogP contribution < -0.4 is 0 Å². The van der Waals surface area contributed by atoms with E-state index in [4.69, 9.17) is 4.74 Å². The summed E-state index contributed by atoms with van der Waals surface area (Å²) >= 11 is 4.51. The number of thiophene rings is 1. The fourth-order valence-electron chi connectivity index (χ4n) is 1.85. The number of hydrogen-bond acceptors (Lipinski definition) is 4. The van der Waals surface area contributed by atoms with Crippen LogP contribution in [0.1, 0.15) is 5.56 Å². The summed E-state index contributed by atoms with van der Waals surface area (Å²) in [6.07, 6.45) is 0. The largest absolute Gasteiger partial charge is 0.383 e. The first-order chi connectivity index (χ1) is 10.1. The molecule has 2 aromatic rings. The third-order valence-corrected chi connectivity index (χ3v) is 7.40. The Balaban J connectivity index is 2.29. The Hall–Kier alpha value is -0.730. The van der Waals surface area contributed by atoms with Crippen LogP contribution in [0.2, 0.25) is 0 Å². The number of halogens is 1. The van der Waals surface area contributed by atoms with Gasteiger partial charge in [-0.25, -0.2) is 8.42 Å². The Kier molecular flexibility index (Phi) is 5.95. The predicted octanol–water partition coefficient (Wildman–Crippen LogP) is 3.35. The molecule has 114 valence electrons. The zero-order valence-electron chi connectivity index (χ0n) is 11.5. The average molecular weight is 390 g/mol. The van der Waals surface area contributed by atoms with Gasteiger partial charge in [-0.2, -0.15) is 4.31 Å². The topological polar surface area (TPSA) is 46.6 Å². The lowest BCUT2D eigenvalue weighted by molar-refractivity contribution is 0.177. The lowest BCUT2D eigenvalue weighted by Crippen LogP contribution is -2.33. The maximum atomic E-state index is 12.8. The predicted molar refractivity (Wildman–Crippen MR) is 87.9 cm³/mol. The van der Waals surface area contributed by atoms with Crippen LogP contribution in [0.25, 0.3) is 0 Å². The van der Waals surface area contributed by atoms with Gasteiger partial charge in [0.1, 0.15) is 4.21 Å². The number of sulfonamides is 1. The first kappa shape index (κ1) is 16.6. The first-order valence-electron chi connectivity index (χ1n) is 6.31. The minimum atomic E-state index is -3.53. The second-order valence-electron chi connectivity index (χ2n) is 4.37. The maximum Gasteiger partial charge on any atom is 0.254 e. The molecule has 0 saturated carbocycles. The molecule has 0 bridgehead atoms. The second-order valence-corrected chi connectivity index (χ2v) is 8.28. The molecule has 7 heteroatoms. The molecule has 0 spiro atoms.